The first kappa shape index (κ1) is 6.85. The van der Waals surface area contributed by atoms with E-state index >= 15 is 0 Å². The van der Waals surface area contributed by atoms with E-state index in [2.05, 4.69) is 12.2 Å². The van der Waals surface area contributed by atoms with Crippen LogP contribution in [0.15, 0.2) is 12.2 Å². The molecule has 0 aromatic rings. The predicted molar refractivity (Wildman–Crippen MR) is 41.5 cm³/mol. The standard InChI is InChI=1S/C5H10.C4H6/c1-2-4-5-3-1;1-2-4-3-1/h1-5H2;1-2H,3-4H2. The number of hydrogen-bond donors (Lipinski definition) is 0. The second-order valence-corrected chi connectivity index (χ2v) is 2.82. The van der Waals surface area contributed by atoms with Crippen molar-refractivity contribution in [3.63, 3.8) is 0 Å². The van der Waals surface area contributed by atoms with Gasteiger partial charge in [0, 0.05) is 0 Å². The van der Waals surface area contributed by atoms with E-state index in [0.717, 1.165) is 0 Å². The molecule has 0 heteroatoms. The number of allylic oxidation sites excluding steroid dienone is 2. The summed E-state index contributed by atoms with van der Waals surface area (Å²) in [4.78, 5) is 0. The Bertz CT molecular complexity index is 64.4. The molecule has 0 N–H and O–H groups in total. The summed E-state index contributed by atoms with van der Waals surface area (Å²) in [6.45, 7) is 0. The third-order valence-electron chi connectivity index (χ3n) is 1.92. The molecule has 9 heavy (non-hydrogen) atoms. The summed E-state index contributed by atoms with van der Waals surface area (Å²) in [5, 5.41) is 0. The Morgan fingerprint density at radius 3 is 0.889 bits per heavy atom. The molecule has 0 bridgehead atoms. The molecule has 0 aromatic carbocycles. The van der Waals surface area contributed by atoms with Crippen LogP contribution in [0.25, 0.3) is 0 Å². The van der Waals surface area contributed by atoms with E-state index in [1.165, 1.54) is 44.9 Å². The lowest BCUT2D eigenvalue weighted by molar-refractivity contribution is 0.886. The minimum Gasteiger partial charge on any atom is -0.0882 e. The van der Waals surface area contributed by atoms with E-state index in [1.54, 1.807) is 0 Å². The first-order chi connectivity index (χ1) is 4.50. The number of rotatable bonds is 0. The average molecular weight is 124 g/mol. The van der Waals surface area contributed by atoms with Gasteiger partial charge in [-0.15, -0.1) is 0 Å². The molecule has 0 atom stereocenters. The lowest BCUT2D eigenvalue weighted by atomic mass is 10.1. The van der Waals surface area contributed by atoms with E-state index in [0.29, 0.717) is 0 Å². The fourth-order valence-electron chi connectivity index (χ4n) is 1.05. The van der Waals surface area contributed by atoms with E-state index < -0.39 is 0 Å². The molecular weight excluding hydrogens is 108 g/mol. The number of hydrogen-bond acceptors (Lipinski definition) is 0. The largest absolute Gasteiger partial charge is 0.0882 e. The SMILES string of the molecule is C1=CCC1.C1CCCC1. The van der Waals surface area contributed by atoms with Gasteiger partial charge < -0.3 is 0 Å². The van der Waals surface area contributed by atoms with Crippen LogP contribution < -0.4 is 0 Å². The van der Waals surface area contributed by atoms with Crippen molar-refractivity contribution in [2.45, 2.75) is 44.9 Å². The van der Waals surface area contributed by atoms with Crippen LogP contribution in [0.5, 0.6) is 0 Å². The van der Waals surface area contributed by atoms with Gasteiger partial charge >= 0.3 is 0 Å². The van der Waals surface area contributed by atoms with Gasteiger partial charge in [0.05, 0.1) is 0 Å². The van der Waals surface area contributed by atoms with Crippen molar-refractivity contribution in [2.75, 3.05) is 0 Å². The minimum atomic E-state index is 1.32. The first-order valence-electron chi connectivity index (χ1n) is 4.15. The summed E-state index contributed by atoms with van der Waals surface area (Å²) in [5.41, 5.74) is 0. The topological polar surface area (TPSA) is 0 Å². The summed E-state index contributed by atoms with van der Waals surface area (Å²) < 4.78 is 0. The smallest absolute Gasteiger partial charge is 0.0316 e. The lowest BCUT2D eigenvalue weighted by Crippen LogP contribution is -1.71. The quantitative estimate of drug-likeness (QED) is 0.435. The Kier molecular flexibility index (Phi) is 3.51. The molecule has 0 spiro atoms. The zero-order chi connectivity index (χ0) is 6.36. The maximum absolute atomic E-state index is 2.18. The summed E-state index contributed by atoms with van der Waals surface area (Å²) in [6, 6.07) is 0. The van der Waals surface area contributed by atoms with Crippen molar-refractivity contribution < 1.29 is 0 Å². The van der Waals surface area contributed by atoms with Crippen LogP contribution >= 0.6 is 0 Å². The highest BCUT2D eigenvalue weighted by atomic mass is 14.0. The molecule has 0 amide bonds. The molecule has 2 aliphatic carbocycles. The van der Waals surface area contributed by atoms with Crippen LogP contribution in [-0.2, 0) is 0 Å². The Hall–Kier alpha value is -0.260. The van der Waals surface area contributed by atoms with Crippen molar-refractivity contribution in [1.82, 2.24) is 0 Å². The molecule has 0 heterocycles. The molecule has 2 rings (SSSR count). The molecule has 0 aromatic heterocycles. The van der Waals surface area contributed by atoms with Gasteiger partial charge in [-0.05, 0) is 12.8 Å². The molecule has 0 unspecified atom stereocenters. The van der Waals surface area contributed by atoms with Crippen LogP contribution in [0.2, 0.25) is 0 Å². The zero-order valence-corrected chi connectivity index (χ0v) is 6.10. The summed E-state index contributed by atoms with van der Waals surface area (Å²) >= 11 is 0. The molecule has 1 fully saturated rings. The molecule has 2 aliphatic rings. The monoisotopic (exact) mass is 124 g/mol. The Labute approximate surface area is 58.0 Å². The van der Waals surface area contributed by atoms with Crippen LogP contribution in [0, 0.1) is 0 Å². The summed E-state index contributed by atoms with van der Waals surface area (Å²) in [6.07, 6.45) is 14.5. The molecule has 0 radical (unpaired) electrons. The zero-order valence-electron chi connectivity index (χ0n) is 6.10. The molecule has 0 aliphatic heterocycles. The highest BCUT2D eigenvalue weighted by molar-refractivity contribution is 4.92. The van der Waals surface area contributed by atoms with Gasteiger partial charge in [0.15, 0.2) is 0 Å². The Morgan fingerprint density at radius 2 is 0.778 bits per heavy atom. The summed E-state index contributed by atoms with van der Waals surface area (Å²) in [5.74, 6) is 0. The predicted octanol–water partition coefficient (Wildman–Crippen LogP) is 3.29. The van der Waals surface area contributed by atoms with E-state index in [4.69, 9.17) is 0 Å². The fourth-order valence-corrected chi connectivity index (χ4v) is 1.05. The second kappa shape index (κ2) is 4.60. The molecule has 0 nitrogen and oxygen atoms in total. The van der Waals surface area contributed by atoms with Gasteiger partial charge in [-0.25, -0.2) is 0 Å². The highest BCUT2D eigenvalue weighted by Gasteiger charge is 1.95. The van der Waals surface area contributed by atoms with Gasteiger partial charge in [0.25, 0.3) is 0 Å². The minimum absolute atomic E-state index is 1.32. The van der Waals surface area contributed by atoms with Crippen LogP contribution in [0.4, 0.5) is 0 Å². The van der Waals surface area contributed by atoms with Crippen molar-refractivity contribution in [1.29, 1.82) is 0 Å². The first-order valence-corrected chi connectivity index (χ1v) is 4.15. The van der Waals surface area contributed by atoms with E-state index in [1.807, 2.05) is 0 Å². The van der Waals surface area contributed by atoms with Gasteiger partial charge in [-0.3, -0.25) is 0 Å². The van der Waals surface area contributed by atoms with Crippen LogP contribution in [-0.4, -0.2) is 0 Å². The maximum Gasteiger partial charge on any atom is -0.0316 e. The Balaban J connectivity index is 0.0000000922. The van der Waals surface area contributed by atoms with E-state index in [-0.39, 0.29) is 0 Å². The van der Waals surface area contributed by atoms with E-state index in [9.17, 15) is 0 Å². The van der Waals surface area contributed by atoms with Crippen LogP contribution in [0.3, 0.4) is 0 Å². The third-order valence-corrected chi connectivity index (χ3v) is 1.92. The second-order valence-electron chi connectivity index (χ2n) is 2.82. The molecule has 52 valence electrons. The van der Waals surface area contributed by atoms with Crippen molar-refractivity contribution >= 4 is 0 Å². The van der Waals surface area contributed by atoms with Crippen molar-refractivity contribution in [3.05, 3.63) is 12.2 Å². The fraction of sp³-hybridized carbons (Fsp3) is 0.778. The molecule has 0 saturated heterocycles. The lowest BCUT2D eigenvalue weighted by Gasteiger charge is -1.92. The van der Waals surface area contributed by atoms with Crippen molar-refractivity contribution in [3.8, 4) is 0 Å². The van der Waals surface area contributed by atoms with Crippen molar-refractivity contribution in [2.24, 2.45) is 0 Å². The van der Waals surface area contributed by atoms with Gasteiger partial charge in [-0.2, -0.15) is 0 Å². The average Bonchev–Trinajstić information content (AvgIpc) is 2.07. The normalized spacial score (nSPS) is 22.2. The molecular formula is C9H16. The van der Waals surface area contributed by atoms with Gasteiger partial charge in [0.2, 0.25) is 0 Å². The third kappa shape index (κ3) is 3.34. The highest BCUT2D eigenvalue weighted by Crippen LogP contribution is 2.15. The van der Waals surface area contributed by atoms with Crippen LogP contribution in [0.1, 0.15) is 44.9 Å². The maximum atomic E-state index is 2.18. The Morgan fingerprint density at radius 1 is 0.556 bits per heavy atom. The van der Waals surface area contributed by atoms with Gasteiger partial charge in [0.1, 0.15) is 0 Å². The van der Waals surface area contributed by atoms with Gasteiger partial charge in [-0.1, -0.05) is 44.3 Å². The summed E-state index contributed by atoms with van der Waals surface area (Å²) in [7, 11) is 0. The molecule has 1 saturated carbocycles.